The van der Waals surface area contributed by atoms with Crippen molar-refractivity contribution in [3.63, 3.8) is 0 Å². The third-order valence-corrected chi connectivity index (χ3v) is 4.15. The summed E-state index contributed by atoms with van der Waals surface area (Å²) in [5, 5.41) is 0. The van der Waals surface area contributed by atoms with Crippen LogP contribution in [0.5, 0.6) is 0 Å². The topological polar surface area (TPSA) is 41.7 Å². The standard InChI is InChI=1S/C16H27N3O/c1-12(17)16-11-19(9-10-20-16)13(2)14-5-7-15(8-6-14)18(3)4/h5-8,12-13,16H,9-11,17H2,1-4H3. The summed E-state index contributed by atoms with van der Waals surface area (Å²) in [6, 6.07) is 9.27. The van der Waals surface area contributed by atoms with Crippen molar-refractivity contribution in [1.29, 1.82) is 0 Å². The van der Waals surface area contributed by atoms with Crippen molar-refractivity contribution in [3.8, 4) is 0 Å². The largest absolute Gasteiger partial charge is 0.378 e. The highest BCUT2D eigenvalue weighted by Gasteiger charge is 2.26. The third kappa shape index (κ3) is 3.51. The molecular weight excluding hydrogens is 250 g/mol. The molecule has 1 saturated heterocycles. The summed E-state index contributed by atoms with van der Waals surface area (Å²) in [4.78, 5) is 4.58. The minimum atomic E-state index is 0.0844. The van der Waals surface area contributed by atoms with Crippen LogP contribution in [0.15, 0.2) is 24.3 Å². The lowest BCUT2D eigenvalue weighted by Crippen LogP contribution is -2.50. The molecule has 1 fully saturated rings. The smallest absolute Gasteiger partial charge is 0.0850 e. The average molecular weight is 277 g/mol. The van der Waals surface area contributed by atoms with Crippen LogP contribution in [0.4, 0.5) is 5.69 Å². The highest BCUT2D eigenvalue weighted by atomic mass is 16.5. The van der Waals surface area contributed by atoms with Gasteiger partial charge in [-0.15, -0.1) is 0 Å². The summed E-state index contributed by atoms with van der Waals surface area (Å²) in [5.74, 6) is 0. The molecule has 1 aromatic carbocycles. The fourth-order valence-electron chi connectivity index (χ4n) is 2.63. The van der Waals surface area contributed by atoms with E-state index in [9.17, 15) is 0 Å². The lowest BCUT2D eigenvalue weighted by molar-refractivity contribution is -0.0498. The van der Waals surface area contributed by atoms with E-state index in [-0.39, 0.29) is 12.1 Å². The van der Waals surface area contributed by atoms with Crippen LogP contribution in [0.1, 0.15) is 25.5 Å². The SMILES string of the molecule is CC(N)C1CN(C(C)c2ccc(N(C)C)cc2)CCO1. The van der Waals surface area contributed by atoms with Crippen LogP contribution >= 0.6 is 0 Å². The lowest BCUT2D eigenvalue weighted by atomic mass is 10.0. The highest BCUT2D eigenvalue weighted by Crippen LogP contribution is 2.25. The molecule has 1 aliphatic rings. The van der Waals surface area contributed by atoms with Crippen LogP contribution in [0.3, 0.4) is 0 Å². The first-order valence-corrected chi connectivity index (χ1v) is 7.37. The number of anilines is 1. The molecule has 0 radical (unpaired) electrons. The Kier molecular flexibility index (Phi) is 5.02. The molecule has 20 heavy (non-hydrogen) atoms. The van der Waals surface area contributed by atoms with Gasteiger partial charge >= 0.3 is 0 Å². The summed E-state index contributed by atoms with van der Waals surface area (Å²) in [6.45, 7) is 6.93. The summed E-state index contributed by atoms with van der Waals surface area (Å²) >= 11 is 0. The number of benzene rings is 1. The predicted molar refractivity (Wildman–Crippen MR) is 84.1 cm³/mol. The van der Waals surface area contributed by atoms with Crippen LogP contribution in [0.25, 0.3) is 0 Å². The highest BCUT2D eigenvalue weighted by molar-refractivity contribution is 5.46. The summed E-state index contributed by atoms with van der Waals surface area (Å²) < 4.78 is 5.73. The molecule has 112 valence electrons. The molecule has 0 aromatic heterocycles. The van der Waals surface area contributed by atoms with E-state index >= 15 is 0 Å². The van der Waals surface area contributed by atoms with E-state index in [1.54, 1.807) is 0 Å². The van der Waals surface area contributed by atoms with Gasteiger partial charge in [0.25, 0.3) is 0 Å². The van der Waals surface area contributed by atoms with Crippen molar-refractivity contribution in [1.82, 2.24) is 4.90 Å². The van der Waals surface area contributed by atoms with Gasteiger partial charge < -0.3 is 15.4 Å². The Balaban J connectivity index is 2.04. The van der Waals surface area contributed by atoms with Gasteiger partial charge in [-0.2, -0.15) is 0 Å². The number of morpholine rings is 1. The van der Waals surface area contributed by atoms with Crippen molar-refractivity contribution in [2.24, 2.45) is 5.73 Å². The number of ether oxygens (including phenoxy) is 1. The molecule has 0 bridgehead atoms. The zero-order chi connectivity index (χ0) is 14.7. The molecule has 1 heterocycles. The van der Waals surface area contributed by atoms with Crippen LogP contribution in [-0.2, 0) is 4.74 Å². The monoisotopic (exact) mass is 277 g/mol. The zero-order valence-corrected chi connectivity index (χ0v) is 13.0. The fraction of sp³-hybridized carbons (Fsp3) is 0.625. The summed E-state index contributed by atoms with van der Waals surface area (Å²) in [6.07, 6.45) is 0.146. The van der Waals surface area contributed by atoms with Gasteiger partial charge in [0.2, 0.25) is 0 Å². The molecule has 3 unspecified atom stereocenters. The molecule has 1 aromatic rings. The molecule has 4 heteroatoms. The van der Waals surface area contributed by atoms with Crippen LogP contribution in [0.2, 0.25) is 0 Å². The zero-order valence-electron chi connectivity index (χ0n) is 13.0. The first-order valence-electron chi connectivity index (χ1n) is 7.37. The Morgan fingerprint density at radius 3 is 2.45 bits per heavy atom. The Bertz CT molecular complexity index is 416. The number of nitrogens with zero attached hydrogens (tertiary/aromatic N) is 2. The number of nitrogens with two attached hydrogens (primary N) is 1. The van der Waals surface area contributed by atoms with Gasteiger partial charge in [-0.25, -0.2) is 0 Å². The van der Waals surface area contributed by atoms with Crippen molar-refractivity contribution in [2.45, 2.75) is 32.0 Å². The maximum absolute atomic E-state index is 5.96. The van der Waals surface area contributed by atoms with Gasteiger partial charge in [-0.1, -0.05) is 12.1 Å². The van der Waals surface area contributed by atoms with E-state index in [2.05, 4.69) is 55.1 Å². The van der Waals surface area contributed by atoms with Crippen LogP contribution in [-0.4, -0.2) is 50.8 Å². The minimum Gasteiger partial charge on any atom is -0.378 e. The van der Waals surface area contributed by atoms with Crippen LogP contribution in [0, 0.1) is 0 Å². The molecule has 0 aliphatic carbocycles. The molecular formula is C16H27N3O. The summed E-state index contributed by atoms with van der Waals surface area (Å²) in [5.41, 5.74) is 8.55. The van der Waals surface area contributed by atoms with Gasteiger partial charge in [0.15, 0.2) is 0 Å². The Labute approximate surface area is 122 Å². The van der Waals surface area contributed by atoms with Gasteiger partial charge in [0.05, 0.1) is 12.7 Å². The second kappa shape index (κ2) is 6.57. The van der Waals surface area contributed by atoms with Gasteiger partial charge in [0, 0.05) is 45.0 Å². The molecule has 0 amide bonds. The van der Waals surface area contributed by atoms with E-state index in [1.165, 1.54) is 11.3 Å². The Morgan fingerprint density at radius 1 is 1.25 bits per heavy atom. The second-order valence-electron chi connectivity index (χ2n) is 5.93. The van der Waals surface area contributed by atoms with Gasteiger partial charge in [0.1, 0.15) is 0 Å². The van der Waals surface area contributed by atoms with Gasteiger partial charge in [-0.05, 0) is 31.5 Å². The normalized spacial score (nSPS) is 23.4. The molecule has 2 N–H and O–H groups in total. The minimum absolute atomic E-state index is 0.0844. The fourth-order valence-corrected chi connectivity index (χ4v) is 2.63. The second-order valence-corrected chi connectivity index (χ2v) is 5.93. The first kappa shape index (κ1) is 15.3. The molecule has 3 atom stereocenters. The van der Waals surface area contributed by atoms with E-state index < -0.39 is 0 Å². The van der Waals surface area contributed by atoms with E-state index in [0.717, 1.165) is 19.7 Å². The lowest BCUT2D eigenvalue weighted by Gasteiger charge is -2.38. The summed E-state index contributed by atoms with van der Waals surface area (Å²) in [7, 11) is 4.13. The van der Waals surface area contributed by atoms with Crippen molar-refractivity contribution in [3.05, 3.63) is 29.8 Å². The van der Waals surface area contributed by atoms with Crippen molar-refractivity contribution >= 4 is 5.69 Å². The molecule has 1 aliphatic heterocycles. The van der Waals surface area contributed by atoms with Gasteiger partial charge in [-0.3, -0.25) is 4.90 Å². The number of hydrogen-bond acceptors (Lipinski definition) is 4. The molecule has 2 rings (SSSR count). The van der Waals surface area contributed by atoms with E-state index in [4.69, 9.17) is 10.5 Å². The van der Waals surface area contributed by atoms with Crippen molar-refractivity contribution < 1.29 is 4.74 Å². The van der Waals surface area contributed by atoms with E-state index in [0.29, 0.717) is 6.04 Å². The molecule has 0 spiro atoms. The van der Waals surface area contributed by atoms with Crippen molar-refractivity contribution in [2.75, 3.05) is 38.7 Å². The average Bonchev–Trinajstić information content (AvgIpc) is 2.46. The molecule has 4 nitrogen and oxygen atoms in total. The third-order valence-electron chi connectivity index (χ3n) is 4.15. The Morgan fingerprint density at radius 2 is 1.90 bits per heavy atom. The maximum atomic E-state index is 5.96. The predicted octanol–water partition coefficient (Wildman–Crippen LogP) is 1.86. The molecule has 0 saturated carbocycles. The van der Waals surface area contributed by atoms with Crippen LogP contribution < -0.4 is 10.6 Å². The number of hydrogen-bond donors (Lipinski definition) is 1. The Hall–Kier alpha value is -1.10. The maximum Gasteiger partial charge on any atom is 0.0850 e. The quantitative estimate of drug-likeness (QED) is 0.912. The number of rotatable bonds is 4. The van der Waals surface area contributed by atoms with E-state index in [1.807, 2.05) is 6.92 Å². The first-order chi connectivity index (χ1) is 9.49.